The second-order valence-electron chi connectivity index (χ2n) is 15.6. The van der Waals surface area contributed by atoms with E-state index >= 15 is 0 Å². The minimum absolute atomic E-state index is 0.0368. The number of H-pyrrole nitrogens is 2. The minimum Gasteiger partial charge on any atom is -0.324 e. The number of hydrogen-bond donors (Lipinski definition) is 4. The van der Waals surface area contributed by atoms with E-state index in [0.717, 1.165) is 35.5 Å². The van der Waals surface area contributed by atoms with Crippen LogP contribution in [0.2, 0.25) is 0 Å². The van der Waals surface area contributed by atoms with Gasteiger partial charge in [-0.1, -0.05) is 30.3 Å². The highest BCUT2D eigenvalue weighted by Crippen LogP contribution is 2.43. The van der Waals surface area contributed by atoms with Crippen LogP contribution in [0.1, 0.15) is 60.8 Å². The quantitative estimate of drug-likeness (QED) is 0.123. The number of fused-ring (bicyclic) bond motifs is 16. The molecule has 0 unspecified atom stereocenters. The van der Waals surface area contributed by atoms with E-state index in [1.807, 2.05) is 29.2 Å². The Morgan fingerprint density at radius 2 is 1.09 bits per heavy atom. The van der Waals surface area contributed by atoms with E-state index in [0.29, 0.717) is 66.6 Å². The number of anilines is 6. The van der Waals surface area contributed by atoms with Crippen molar-refractivity contribution in [2.75, 3.05) is 46.0 Å². The third-order valence-corrected chi connectivity index (χ3v) is 11.7. The zero-order valence-electron chi connectivity index (χ0n) is 34.0. The topological polar surface area (TPSA) is 137 Å². The molecule has 4 bridgehead atoms. The molecule has 4 aliphatic heterocycles. The summed E-state index contributed by atoms with van der Waals surface area (Å²) >= 11 is 0. The van der Waals surface area contributed by atoms with Gasteiger partial charge in [0.05, 0.1) is 39.4 Å². The van der Waals surface area contributed by atoms with Gasteiger partial charge in [-0.15, -0.1) is 0 Å². The number of para-hydroxylation sites is 1. The SMILES string of the molecule is O=C1c2cc(C(F)(F)F)ccc2N2CN1c1ccc(=O)[nH]c1CCNCc1ccccc12.O=C1c2cc(F)c(F)cc2N2CN1c1ccc(=O)[nH]c1CCNCc1c(C(F)F)cccc12. The molecule has 6 aromatic rings. The van der Waals surface area contributed by atoms with Gasteiger partial charge in [-0.3, -0.25) is 29.0 Å². The van der Waals surface area contributed by atoms with Crippen LogP contribution in [0.15, 0.2) is 107 Å². The number of carbonyl (C=O) groups is 2. The molecule has 0 atom stereocenters. The lowest BCUT2D eigenvalue weighted by atomic mass is 10.0. The van der Waals surface area contributed by atoms with Crippen LogP contribution in [0.4, 0.5) is 64.9 Å². The smallest absolute Gasteiger partial charge is 0.324 e. The lowest BCUT2D eigenvalue weighted by Gasteiger charge is -2.39. The summed E-state index contributed by atoms with van der Waals surface area (Å²) in [6, 6.07) is 22.6. The zero-order valence-corrected chi connectivity index (χ0v) is 34.0. The largest absolute Gasteiger partial charge is 0.416 e. The van der Waals surface area contributed by atoms with Crippen molar-refractivity contribution in [2.45, 2.75) is 38.5 Å². The summed E-state index contributed by atoms with van der Waals surface area (Å²) in [6.07, 6.45) is -6.57. The molecule has 0 aliphatic carbocycles. The molecule has 2 amide bonds. The highest BCUT2D eigenvalue weighted by atomic mass is 19.4. The van der Waals surface area contributed by atoms with Gasteiger partial charge in [0.1, 0.15) is 13.3 Å². The summed E-state index contributed by atoms with van der Waals surface area (Å²) in [6.45, 7) is 1.45. The van der Waals surface area contributed by atoms with Crippen LogP contribution in [0.3, 0.4) is 0 Å². The van der Waals surface area contributed by atoms with Crippen molar-refractivity contribution in [3.05, 3.63) is 174 Å². The van der Waals surface area contributed by atoms with Gasteiger partial charge in [0, 0.05) is 85.5 Å². The number of halogens is 7. The van der Waals surface area contributed by atoms with Crippen molar-refractivity contribution in [1.29, 1.82) is 0 Å². The van der Waals surface area contributed by atoms with Gasteiger partial charge in [0.25, 0.3) is 18.2 Å². The maximum Gasteiger partial charge on any atom is 0.416 e. The number of benzene rings is 4. The molecule has 2 aromatic heterocycles. The molecule has 4 aromatic carbocycles. The highest BCUT2D eigenvalue weighted by molar-refractivity contribution is 6.14. The third kappa shape index (κ3) is 8.12. The molecule has 334 valence electrons. The van der Waals surface area contributed by atoms with Gasteiger partial charge in [-0.25, -0.2) is 17.6 Å². The standard InChI is InChI=1S/C23H18F4N4O2.C23H19F3N4O2/c24-15-8-13-20(9-16(15)25)30-11-31(23(13)33)19-4-5-21(32)29-17(19)6-7-28-10-14-12(22(26)27)2-1-3-18(14)30;24-23(25,26)15-5-6-19-16(11-15)22(32)30-13-29(19)18-4-2-1-3-14(18)12-27-10-9-17-20(30)7-8-21(31)28-17/h1-5,8-9,22,28H,6-7,10-11H2,(H,29,32);1-8,11,27H,9-10,12-13H2,(H,28,31). The fourth-order valence-corrected chi connectivity index (χ4v) is 8.62. The molecule has 65 heavy (non-hydrogen) atoms. The number of nitrogens with zero attached hydrogens (tertiary/aromatic N) is 4. The highest BCUT2D eigenvalue weighted by Gasteiger charge is 2.39. The number of aromatic amines is 2. The first kappa shape index (κ1) is 43.0. The molecule has 0 saturated heterocycles. The second-order valence-corrected chi connectivity index (χ2v) is 15.6. The summed E-state index contributed by atoms with van der Waals surface area (Å²) in [5.74, 6) is -3.48. The van der Waals surface area contributed by atoms with Gasteiger partial charge >= 0.3 is 6.18 Å². The normalized spacial score (nSPS) is 15.8. The Morgan fingerprint density at radius 3 is 1.72 bits per heavy atom. The molecular formula is C46H37F7N8O4. The van der Waals surface area contributed by atoms with Crippen LogP contribution in [0, 0.1) is 11.6 Å². The van der Waals surface area contributed by atoms with Crippen LogP contribution in [-0.2, 0) is 32.1 Å². The molecular weight excluding hydrogens is 862 g/mol. The Balaban J connectivity index is 0.000000164. The third-order valence-electron chi connectivity index (χ3n) is 11.7. The molecule has 0 radical (unpaired) electrons. The van der Waals surface area contributed by atoms with E-state index in [1.54, 1.807) is 12.1 Å². The monoisotopic (exact) mass is 898 g/mol. The van der Waals surface area contributed by atoms with Crippen LogP contribution >= 0.6 is 0 Å². The maximum absolute atomic E-state index is 14.2. The predicted octanol–water partition coefficient (Wildman–Crippen LogP) is 7.79. The number of amides is 2. The number of nitrogens with one attached hydrogen (secondary N) is 4. The van der Waals surface area contributed by atoms with Crippen molar-refractivity contribution in [3.8, 4) is 0 Å². The van der Waals surface area contributed by atoms with Gasteiger partial charge in [-0.2, -0.15) is 13.2 Å². The molecule has 6 heterocycles. The number of alkyl halides is 5. The second kappa shape index (κ2) is 17.0. The van der Waals surface area contributed by atoms with E-state index in [2.05, 4.69) is 20.6 Å². The average Bonchev–Trinajstić information content (AvgIpc) is 3.32. The first-order valence-electron chi connectivity index (χ1n) is 20.4. The first-order valence-corrected chi connectivity index (χ1v) is 20.4. The Labute approximate surface area is 364 Å². The van der Waals surface area contributed by atoms with Crippen LogP contribution < -0.4 is 41.4 Å². The minimum atomic E-state index is -4.57. The van der Waals surface area contributed by atoms with Gasteiger partial charge in [-0.05, 0) is 59.7 Å². The number of carbonyl (C=O) groups excluding carboxylic acids is 2. The fraction of sp³-hybridized carbons (Fsp3) is 0.217. The van der Waals surface area contributed by atoms with Gasteiger partial charge in [0.2, 0.25) is 11.1 Å². The van der Waals surface area contributed by atoms with E-state index in [4.69, 9.17) is 0 Å². The van der Waals surface area contributed by atoms with Crippen molar-refractivity contribution in [1.82, 2.24) is 20.6 Å². The molecule has 0 fully saturated rings. The molecule has 0 saturated carbocycles. The van der Waals surface area contributed by atoms with Crippen molar-refractivity contribution >= 4 is 45.9 Å². The summed E-state index contributed by atoms with van der Waals surface area (Å²) in [7, 11) is 0. The fourth-order valence-electron chi connectivity index (χ4n) is 8.62. The average molecular weight is 899 g/mol. The Bertz CT molecular complexity index is 2990. The van der Waals surface area contributed by atoms with E-state index in [9.17, 15) is 49.9 Å². The lowest BCUT2D eigenvalue weighted by molar-refractivity contribution is -0.137. The molecule has 0 spiro atoms. The molecule has 12 nitrogen and oxygen atoms in total. The zero-order chi connectivity index (χ0) is 45.7. The van der Waals surface area contributed by atoms with Gasteiger partial charge in [0.15, 0.2) is 11.6 Å². The Hall–Kier alpha value is -7.25. The molecule has 4 N–H and O–H groups in total. The van der Waals surface area contributed by atoms with E-state index in [-0.39, 0.29) is 58.9 Å². The number of hydrogen-bond acceptors (Lipinski definition) is 8. The predicted molar refractivity (Wildman–Crippen MR) is 228 cm³/mol. The van der Waals surface area contributed by atoms with Crippen LogP contribution in [-0.4, -0.2) is 48.2 Å². The molecule has 4 aliphatic rings. The van der Waals surface area contributed by atoms with Gasteiger partial charge < -0.3 is 30.4 Å². The van der Waals surface area contributed by atoms with Crippen LogP contribution in [0.25, 0.3) is 0 Å². The van der Waals surface area contributed by atoms with E-state index < -0.39 is 41.6 Å². The summed E-state index contributed by atoms with van der Waals surface area (Å²) in [4.78, 5) is 62.3. The number of aromatic nitrogens is 2. The maximum atomic E-state index is 14.2. The Morgan fingerprint density at radius 1 is 0.538 bits per heavy atom. The van der Waals surface area contributed by atoms with Crippen LogP contribution in [0.5, 0.6) is 0 Å². The summed E-state index contributed by atoms with van der Waals surface area (Å²) in [5.41, 5.74) is 2.88. The lowest BCUT2D eigenvalue weighted by Crippen LogP contribution is -2.46. The first-order chi connectivity index (χ1) is 31.2. The summed E-state index contributed by atoms with van der Waals surface area (Å²) in [5, 5.41) is 6.45. The molecule has 10 rings (SSSR count). The summed E-state index contributed by atoms with van der Waals surface area (Å²) < 4.78 is 96.3. The van der Waals surface area contributed by atoms with Crippen molar-refractivity contribution in [3.63, 3.8) is 0 Å². The molecule has 19 heteroatoms. The van der Waals surface area contributed by atoms with E-state index in [1.165, 1.54) is 51.1 Å². The number of pyridine rings is 2. The Kier molecular flexibility index (Phi) is 11.3. The van der Waals surface area contributed by atoms with Crippen molar-refractivity contribution < 1.29 is 40.3 Å². The van der Waals surface area contributed by atoms with Crippen molar-refractivity contribution in [2.24, 2.45) is 0 Å². The number of rotatable bonds is 1.